The molecule has 0 saturated carbocycles. The van der Waals surface area contributed by atoms with Gasteiger partial charge in [0.05, 0.1) is 0 Å². The SMILES string of the molecule is C=C.CCC(=O)Cc1c(N)ccc(Cl)c1C. The monoisotopic (exact) mass is 239 g/mol. The second-order valence-electron chi connectivity index (χ2n) is 3.31. The fourth-order valence-electron chi connectivity index (χ4n) is 1.31. The van der Waals surface area contributed by atoms with Crippen molar-refractivity contribution in [2.24, 2.45) is 0 Å². The van der Waals surface area contributed by atoms with E-state index >= 15 is 0 Å². The summed E-state index contributed by atoms with van der Waals surface area (Å²) in [6.45, 7) is 9.73. The highest BCUT2D eigenvalue weighted by Crippen LogP contribution is 2.25. The van der Waals surface area contributed by atoms with Crippen LogP contribution in [-0.4, -0.2) is 5.78 Å². The Kier molecular flexibility index (Phi) is 6.50. The van der Waals surface area contributed by atoms with Crippen molar-refractivity contribution in [1.29, 1.82) is 0 Å². The predicted molar refractivity (Wildman–Crippen MR) is 70.9 cm³/mol. The molecule has 0 amide bonds. The molecular weight excluding hydrogens is 222 g/mol. The summed E-state index contributed by atoms with van der Waals surface area (Å²) >= 11 is 5.95. The van der Waals surface area contributed by atoms with Gasteiger partial charge in [0, 0.05) is 23.6 Å². The highest BCUT2D eigenvalue weighted by Gasteiger charge is 2.09. The molecule has 3 heteroatoms. The number of benzene rings is 1. The lowest BCUT2D eigenvalue weighted by Crippen LogP contribution is -2.05. The average molecular weight is 240 g/mol. The number of carbonyl (C=O) groups excluding carboxylic acids is 1. The third kappa shape index (κ3) is 3.70. The summed E-state index contributed by atoms with van der Waals surface area (Å²) in [5.74, 6) is 0.182. The van der Waals surface area contributed by atoms with Gasteiger partial charge < -0.3 is 5.73 Å². The molecule has 0 fully saturated rings. The maximum atomic E-state index is 11.3. The van der Waals surface area contributed by atoms with Crippen LogP contribution in [0.1, 0.15) is 24.5 Å². The molecule has 0 heterocycles. The van der Waals surface area contributed by atoms with Gasteiger partial charge in [-0.25, -0.2) is 0 Å². The smallest absolute Gasteiger partial charge is 0.137 e. The number of ketones is 1. The molecule has 2 nitrogen and oxygen atoms in total. The van der Waals surface area contributed by atoms with Crippen LogP contribution >= 0.6 is 11.6 Å². The van der Waals surface area contributed by atoms with Crippen molar-refractivity contribution in [2.45, 2.75) is 26.7 Å². The highest BCUT2D eigenvalue weighted by atomic mass is 35.5. The van der Waals surface area contributed by atoms with Crippen molar-refractivity contribution in [1.82, 2.24) is 0 Å². The number of hydrogen-bond donors (Lipinski definition) is 1. The Bertz CT molecular complexity index is 374. The highest BCUT2D eigenvalue weighted by molar-refractivity contribution is 6.31. The van der Waals surface area contributed by atoms with E-state index in [2.05, 4.69) is 13.2 Å². The topological polar surface area (TPSA) is 43.1 Å². The van der Waals surface area contributed by atoms with E-state index in [4.69, 9.17) is 17.3 Å². The molecule has 0 saturated heterocycles. The third-order valence-corrected chi connectivity index (χ3v) is 2.75. The van der Waals surface area contributed by atoms with Gasteiger partial charge in [-0.05, 0) is 30.2 Å². The molecular formula is C13H18ClNO. The molecule has 0 unspecified atom stereocenters. The van der Waals surface area contributed by atoms with Crippen LogP contribution in [0.3, 0.4) is 0 Å². The van der Waals surface area contributed by atoms with Gasteiger partial charge in [-0.3, -0.25) is 4.79 Å². The molecule has 0 radical (unpaired) electrons. The lowest BCUT2D eigenvalue weighted by atomic mass is 10.0. The number of rotatable bonds is 3. The largest absolute Gasteiger partial charge is 0.398 e. The molecule has 16 heavy (non-hydrogen) atoms. The van der Waals surface area contributed by atoms with Gasteiger partial charge in [-0.1, -0.05) is 18.5 Å². The summed E-state index contributed by atoms with van der Waals surface area (Å²) in [5, 5.41) is 0.665. The first-order valence-electron chi connectivity index (χ1n) is 5.11. The quantitative estimate of drug-likeness (QED) is 0.648. The zero-order valence-corrected chi connectivity index (χ0v) is 10.6. The zero-order chi connectivity index (χ0) is 12.7. The number of halogens is 1. The molecule has 1 aromatic carbocycles. The number of nitrogen functional groups attached to an aromatic ring is 1. The second kappa shape index (κ2) is 7.07. The Hall–Kier alpha value is -1.28. The molecule has 0 spiro atoms. The van der Waals surface area contributed by atoms with Crippen LogP contribution in [0, 0.1) is 6.92 Å². The number of carbonyl (C=O) groups is 1. The Labute approximate surface area is 102 Å². The van der Waals surface area contributed by atoms with Gasteiger partial charge in [-0.2, -0.15) is 0 Å². The third-order valence-electron chi connectivity index (χ3n) is 2.34. The average Bonchev–Trinajstić information content (AvgIpc) is 2.32. The minimum Gasteiger partial charge on any atom is -0.398 e. The molecule has 2 N–H and O–H groups in total. The second-order valence-corrected chi connectivity index (χ2v) is 3.72. The van der Waals surface area contributed by atoms with Gasteiger partial charge in [0.2, 0.25) is 0 Å². The molecule has 0 atom stereocenters. The van der Waals surface area contributed by atoms with Gasteiger partial charge >= 0.3 is 0 Å². The normalized spacial score (nSPS) is 9.19. The first-order valence-corrected chi connectivity index (χ1v) is 5.49. The van der Waals surface area contributed by atoms with Gasteiger partial charge in [0.15, 0.2) is 0 Å². The minimum atomic E-state index is 0.182. The van der Waals surface area contributed by atoms with Crippen molar-refractivity contribution >= 4 is 23.1 Å². The summed E-state index contributed by atoms with van der Waals surface area (Å²) in [6.07, 6.45) is 0.917. The van der Waals surface area contributed by atoms with Crippen molar-refractivity contribution in [2.75, 3.05) is 5.73 Å². The summed E-state index contributed by atoms with van der Waals surface area (Å²) in [5.41, 5.74) is 8.21. The van der Waals surface area contributed by atoms with Crippen LogP contribution in [0.15, 0.2) is 25.3 Å². The molecule has 0 aliphatic carbocycles. The van der Waals surface area contributed by atoms with Crippen LogP contribution in [0.2, 0.25) is 5.02 Å². The van der Waals surface area contributed by atoms with Crippen LogP contribution < -0.4 is 5.73 Å². The van der Waals surface area contributed by atoms with Crippen molar-refractivity contribution in [3.8, 4) is 0 Å². The summed E-state index contributed by atoms with van der Waals surface area (Å²) in [6, 6.07) is 3.50. The Morgan fingerprint density at radius 2 is 2.00 bits per heavy atom. The first kappa shape index (κ1) is 14.7. The molecule has 0 aromatic heterocycles. The van der Waals surface area contributed by atoms with E-state index in [1.807, 2.05) is 13.8 Å². The van der Waals surface area contributed by atoms with E-state index in [0.29, 0.717) is 23.6 Å². The summed E-state index contributed by atoms with van der Waals surface area (Å²) in [4.78, 5) is 11.3. The van der Waals surface area contributed by atoms with Crippen LogP contribution in [-0.2, 0) is 11.2 Å². The zero-order valence-electron chi connectivity index (χ0n) is 9.85. The Balaban J connectivity index is 0.00000106. The van der Waals surface area contributed by atoms with Crippen molar-refractivity contribution < 1.29 is 4.79 Å². The number of nitrogens with two attached hydrogens (primary N) is 1. The lowest BCUT2D eigenvalue weighted by molar-refractivity contribution is -0.118. The first-order chi connectivity index (χ1) is 7.56. The predicted octanol–water partition coefficient (Wildman–Crippen LogP) is 3.55. The van der Waals surface area contributed by atoms with E-state index in [0.717, 1.165) is 11.1 Å². The number of hydrogen-bond acceptors (Lipinski definition) is 2. The maximum Gasteiger partial charge on any atom is 0.137 e. The van der Waals surface area contributed by atoms with E-state index in [9.17, 15) is 4.79 Å². The van der Waals surface area contributed by atoms with Gasteiger partial charge in [-0.15, -0.1) is 13.2 Å². The molecule has 1 aromatic rings. The molecule has 1 rings (SSSR count). The molecule has 0 aliphatic heterocycles. The maximum absolute atomic E-state index is 11.3. The van der Waals surface area contributed by atoms with Crippen LogP contribution in [0.4, 0.5) is 5.69 Å². The van der Waals surface area contributed by atoms with Gasteiger partial charge in [0.1, 0.15) is 5.78 Å². The van der Waals surface area contributed by atoms with Crippen molar-refractivity contribution in [3.63, 3.8) is 0 Å². The fraction of sp³-hybridized carbons (Fsp3) is 0.308. The summed E-state index contributed by atoms with van der Waals surface area (Å²) in [7, 11) is 0. The van der Waals surface area contributed by atoms with Crippen molar-refractivity contribution in [3.05, 3.63) is 41.4 Å². The molecule has 0 aliphatic rings. The van der Waals surface area contributed by atoms with E-state index in [-0.39, 0.29) is 5.78 Å². The minimum absolute atomic E-state index is 0.182. The van der Waals surface area contributed by atoms with Crippen LogP contribution in [0.5, 0.6) is 0 Å². The Morgan fingerprint density at radius 1 is 1.44 bits per heavy atom. The fourth-order valence-corrected chi connectivity index (χ4v) is 1.48. The summed E-state index contributed by atoms with van der Waals surface area (Å²) < 4.78 is 0. The van der Waals surface area contributed by atoms with E-state index in [1.165, 1.54) is 0 Å². The lowest BCUT2D eigenvalue weighted by Gasteiger charge is -2.09. The standard InChI is InChI=1S/C11H14ClNO.C2H4/c1-3-8(14)6-9-7(2)10(12)4-5-11(9)13;1-2/h4-5H,3,6,13H2,1-2H3;1-2H2. The van der Waals surface area contributed by atoms with E-state index < -0.39 is 0 Å². The number of anilines is 1. The van der Waals surface area contributed by atoms with E-state index in [1.54, 1.807) is 12.1 Å². The van der Waals surface area contributed by atoms with Crippen LogP contribution in [0.25, 0.3) is 0 Å². The number of Topliss-reactive ketones (excluding diaryl/α,β-unsaturated/α-hetero) is 1. The molecule has 0 bridgehead atoms. The Morgan fingerprint density at radius 3 is 2.50 bits per heavy atom. The van der Waals surface area contributed by atoms with Gasteiger partial charge in [0.25, 0.3) is 0 Å². The molecule has 88 valence electrons.